The monoisotopic (exact) mass is 519 g/mol. The fraction of sp³-hybridized carbons (Fsp3) is 0.188. The number of methoxy groups -OCH3 is 1. The van der Waals surface area contributed by atoms with Gasteiger partial charge in [-0.3, -0.25) is 0 Å². The van der Waals surface area contributed by atoms with Crippen molar-refractivity contribution in [2.45, 2.75) is 13.8 Å². The van der Waals surface area contributed by atoms with Gasteiger partial charge in [-0.15, -0.1) is 10.4 Å². The fourth-order valence-electron chi connectivity index (χ4n) is 2.22. The molecule has 10 heteroatoms. The molecule has 5 N–H and O–H groups in total. The second kappa shape index (κ2) is 10.1. The molecule has 0 spiro atoms. The lowest BCUT2D eigenvalue weighted by molar-refractivity contribution is -0.643. The SMILES string of the molecule is COc1ccc(/C(C)=N/[NH2+]c2[nH+]c(-c3sc(N)nc3C)cs2)cc1.[Br-].[Br-]. The maximum absolute atomic E-state index is 5.77. The number of hydrogen-bond acceptors (Lipinski definition) is 6. The zero-order valence-corrected chi connectivity index (χ0v) is 19.2. The number of ether oxygens (including phenoxy) is 1. The van der Waals surface area contributed by atoms with Crippen LogP contribution in [0, 0.1) is 6.92 Å². The van der Waals surface area contributed by atoms with E-state index in [1.807, 2.05) is 43.5 Å². The van der Waals surface area contributed by atoms with Gasteiger partial charge in [0.15, 0.2) is 5.13 Å². The number of nitrogen functional groups attached to an aromatic ring is 1. The van der Waals surface area contributed by atoms with Crippen molar-refractivity contribution in [2.75, 3.05) is 12.8 Å². The van der Waals surface area contributed by atoms with Crippen molar-refractivity contribution in [3.05, 3.63) is 40.9 Å². The van der Waals surface area contributed by atoms with E-state index in [0.717, 1.165) is 38.4 Å². The minimum atomic E-state index is 0. The van der Waals surface area contributed by atoms with Crippen molar-refractivity contribution < 1.29 is 49.1 Å². The molecule has 2 aromatic heterocycles. The van der Waals surface area contributed by atoms with E-state index in [9.17, 15) is 0 Å². The topological polar surface area (TPSA) is 91.2 Å². The van der Waals surface area contributed by atoms with Crippen molar-refractivity contribution in [3.63, 3.8) is 0 Å². The molecule has 3 aromatic rings. The number of quaternary nitrogens is 1. The lowest BCUT2D eigenvalue weighted by Crippen LogP contribution is -3.00. The molecule has 0 amide bonds. The van der Waals surface area contributed by atoms with Crippen LogP contribution in [0.25, 0.3) is 10.6 Å². The number of benzene rings is 1. The Morgan fingerprint density at radius 3 is 2.54 bits per heavy atom. The standard InChI is InChI=1S/C16H17N5OS2.2BrH/c1-9(11-4-6-12(22-3)7-5-11)20-21-16-19-13(8-23-16)14-10(2)18-15(17)24-14;;/h4-8H,1-3H3,(H2,17,18)(H,19,21);2*1H/b20-9+;;. The number of nitrogens with zero attached hydrogens (tertiary/aromatic N) is 2. The summed E-state index contributed by atoms with van der Waals surface area (Å²) in [7, 11) is 1.66. The van der Waals surface area contributed by atoms with E-state index in [1.165, 1.54) is 11.3 Å². The normalized spacial score (nSPS) is 10.8. The van der Waals surface area contributed by atoms with Crippen LogP contribution < -0.4 is 54.8 Å². The van der Waals surface area contributed by atoms with Gasteiger partial charge in [0, 0.05) is 5.56 Å². The lowest BCUT2D eigenvalue weighted by atomic mass is 10.1. The molecular formula is C16H19Br2N5OS2. The summed E-state index contributed by atoms with van der Waals surface area (Å²) in [5, 5.41) is 8.17. The Balaban J connectivity index is 0.00000169. The fourth-order valence-corrected chi connectivity index (χ4v) is 3.80. The Bertz CT molecular complexity index is 877. The average Bonchev–Trinajstić information content (AvgIpc) is 3.18. The highest BCUT2D eigenvalue weighted by Gasteiger charge is 2.19. The molecule has 26 heavy (non-hydrogen) atoms. The number of aryl methyl sites for hydroxylation is 1. The van der Waals surface area contributed by atoms with Gasteiger partial charge in [-0.1, -0.05) is 16.4 Å². The maximum Gasteiger partial charge on any atom is 0.451 e. The molecule has 0 fully saturated rings. The molecule has 6 nitrogen and oxygen atoms in total. The number of nitrogens with one attached hydrogen (secondary N) is 1. The summed E-state index contributed by atoms with van der Waals surface area (Å²) >= 11 is 3.09. The third-order valence-electron chi connectivity index (χ3n) is 3.50. The van der Waals surface area contributed by atoms with Crippen molar-refractivity contribution in [1.82, 2.24) is 4.98 Å². The van der Waals surface area contributed by atoms with Gasteiger partial charge in [0.1, 0.15) is 16.3 Å². The largest absolute Gasteiger partial charge is 1.00 e. The molecule has 0 radical (unpaired) electrons. The van der Waals surface area contributed by atoms with Crippen molar-refractivity contribution in [2.24, 2.45) is 5.10 Å². The van der Waals surface area contributed by atoms with Gasteiger partial charge >= 0.3 is 5.13 Å². The van der Waals surface area contributed by atoms with Crippen LogP contribution in [-0.2, 0) is 0 Å². The Hall–Kier alpha value is -1.33. The van der Waals surface area contributed by atoms with Crippen molar-refractivity contribution >= 4 is 38.6 Å². The minimum Gasteiger partial charge on any atom is -1.00 e. The Morgan fingerprint density at radius 1 is 1.27 bits per heavy atom. The molecule has 0 aliphatic rings. The van der Waals surface area contributed by atoms with Crippen LogP contribution in [0.4, 0.5) is 10.3 Å². The van der Waals surface area contributed by atoms with E-state index in [1.54, 1.807) is 18.4 Å². The highest BCUT2D eigenvalue weighted by atomic mass is 79.9. The molecule has 0 atom stereocenters. The predicted octanol–water partition coefficient (Wildman–Crippen LogP) is -3.79. The first-order valence-corrected chi connectivity index (χ1v) is 9.02. The van der Waals surface area contributed by atoms with E-state index in [-0.39, 0.29) is 34.0 Å². The number of aromatic nitrogens is 2. The van der Waals surface area contributed by atoms with Crippen molar-refractivity contribution in [1.29, 1.82) is 0 Å². The summed E-state index contributed by atoms with van der Waals surface area (Å²) in [6, 6.07) is 7.86. The molecule has 1 aromatic carbocycles. The number of aromatic amines is 1. The predicted molar refractivity (Wildman–Crippen MR) is 97.9 cm³/mol. The van der Waals surface area contributed by atoms with Crippen LogP contribution in [0.2, 0.25) is 0 Å². The Morgan fingerprint density at radius 2 is 1.96 bits per heavy atom. The third kappa shape index (κ3) is 5.34. The summed E-state index contributed by atoms with van der Waals surface area (Å²) in [5.41, 5.74) is 11.6. The van der Waals surface area contributed by atoms with Crippen LogP contribution in [0.3, 0.4) is 0 Å². The van der Waals surface area contributed by atoms with E-state index in [4.69, 9.17) is 10.5 Å². The first-order chi connectivity index (χ1) is 11.6. The molecule has 2 heterocycles. The summed E-state index contributed by atoms with van der Waals surface area (Å²) in [5.74, 6) is 0.839. The number of hydrogen-bond donors (Lipinski definition) is 2. The highest BCUT2D eigenvalue weighted by Crippen LogP contribution is 2.30. The van der Waals surface area contributed by atoms with Crippen molar-refractivity contribution in [3.8, 4) is 16.3 Å². The molecule has 0 bridgehead atoms. The number of nitrogens with two attached hydrogens (primary N) is 2. The minimum absolute atomic E-state index is 0. The first kappa shape index (κ1) is 22.7. The van der Waals surface area contributed by atoms with Gasteiger partial charge in [0.05, 0.1) is 18.2 Å². The second-order valence-corrected chi connectivity index (χ2v) is 7.12. The van der Waals surface area contributed by atoms with E-state index in [2.05, 4.69) is 20.4 Å². The smallest absolute Gasteiger partial charge is 0.451 e. The quantitative estimate of drug-likeness (QED) is 0.205. The first-order valence-electron chi connectivity index (χ1n) is 7.33. The van der Waals surface area contributed by atoms with E-state index >= 15 is 0 Å². The van der Waals surface area contributed by atoms with E-state index in [0.29, 0.717) is 5.13 Å². The Labute approximate surface area is 181 Å². The molecule has 0 saturated heterocycles. The average molecular weight is 521 g/mol. The van der Waals surface area contributed by atoms with Gasteiger partial charge in [0.25, 0.3) is 0 Å². The highest BCUT2D eigenvalue weighted by molar-refractivity contribution is 7.19. The van der Waals surface area contributed by atoms with E-state index < -0.39 is 0 Å². The second-order valence-electron chi connectivity index (χ2n) is 5.18. The number of halogens is 2. The maximum atomic E-state index is 5.77. The molecular weight excluding hydrogens is 502 g/mol. The van der Waals surface area contributed by atoms with Gasteiger partial charge in [0.2, 0.25) is 5.69 Å². The number of thiazole rings is 2. The lowest BCUT2D eigenvalue weighted by Gasteiger charge is -2.01. The van der Waals surface area contributed by atoms with Gasteiger partial charge in [-0.2, -0.15) is 0 Å². The summed E-state index contributed by atoms with van der Waals surface area (Å²) in [4.78, 5) is 8.69. The molecule has 0 aliphatic carbocycles. The van der Waals surface area contributed by atoms with Crippen LogP contribution in [0.1, 0.15) is 18.2 Å². The van der Waals surface area contributed by atoms with Crippen LogP contribution in [0.5, 0.6) is 5.75 Å². The van der Waals surface area contributed by atoms with Crippen LogP contribution in [0.15, 0.2) is 34.7 Å². The number of anilines is 1. The van der Waals surface area contributed by atoms with Gasteiger partial charge in [-0.05, 0) is 49.4 Å². The number of H-pyrrole nitrogens is 1. The molecule has 3 rings (SSSR count). The summed E-state index contributed by atoms with van der Waals surface area (Å²) in [6.45, 7) is 3.95. The Kier molecular flexibility index (Phi) is 8.84. The molecule has 140 valence electrons. The molecule has 0 unspecified atom stereocenters. The van der Waals surface area contributed by atoms with Gasteiger partial charge in [-0.25, -0.2) is 4.98 Å². The third-order valence-corrected chi connectivity index (χ3v) is 5.34. The van der Waals surface area contributed by atoms with Crippen LogP contribution in [-0.4, -0.2) is 17.8 Å². The summed E-state index contributed by atoms with van der Waals surface area (Å²) in [6.07, 6.45) is 0. The molecule has 0 saturated carbocycles. The van der Waals surface area contributed by atoms with Crippen LogP contribution >= 0.6 is 22.7 Å². The number of rotatable bonds is 5. The molecule has 0 aliphatic heterocycles. The summed E-state index contributed by atoms with van der Waals surface area (Å²) < 4.78 is 5.17. The zero-order valence-electron chi connectivity index (χ0n) is 14.4. The van der Waals surface area contributed by atoms with Gasteiger partial charge < -0.3 is 44.4 Å². The zero-order chi connectivity index (χ0) is 17.1.